The second kappa shape index (κ2) is 12.4. The van der Waals surface area contributed by atoms with Gasteiger partial charge in [-0.15, -0.1) is 0 Å². The van der Waals surface area contributed by atoms with Gasteiger partial charge in [-0.05, 0) is 37.5 Å². The van der Waals surface area contributed by atoms with Crippen LogP contribution in [0.4, 0.5) is 18.0 Å². The first-order chi connectivity index (χ1) is 17.1. The van der Waals surface area contributed by atoms with Crippen LogP contribution in [0.5, 0.6) is 5.75 Å². The molecule has 1 aliphatic heterocycles. The highest BCUT2D eigenvalue weighted by atomic mass is 19.4. The number of likely N-dealkylation sites (tertiary alicyclic amines) is 1. The molecule has 0 bridgehead atoms. The summed E-state index contributed by atoms with van der Waals surface area (Å²) in [6.07, 6.45) is -1.45. The molecule has 0 spiro atoms. The van der Waals surface area contributed by atoms with E-state index in [0.717, 1.165) is 51.0 Å². The number of carboxylic acid groups (broad SMARTS) is 1. The molecule has 1 unspecified atom stereocenters. The van der Waals surface area contributed by atoms with Gasteiger partial charge in [-0.25, -0.2) is 9.59 Å². The summed E-state index contributed by atoms with van der Waals surface area (Å²) in [4.78, 5) is 23.1. The molecule has 1 fully saturated rings. The third kappa shape index (κ3) is 7.70. The van der Waals surface area contributed by atoms with Crippen molar-refractivity contribution in [1.82, 2.24) is 20.0 Å². The number of para-hydroxylation sites is 2. The largest absolute Gasteiger partial charge is 0.490 e. The number of aliphatic carboxylic acids is 1. The van der Waals surface area contributed by atoms with Crippen molar-refractivity contribution in [2.45, 2.75) is 37.9 Å². The number of nitrogens with one attached hydrogen (secondary N) is 1. The van der Waals surface area contributed by atoms with E-state index < -0.39 is 12.1 Å². The Morgan fingerprint density at radius 1 is 1.08 bits per heavy atom. The summed E-state index contributed by atoms with van der Waals surface area (Å²) in [5, 5.41) is 16.7. The zero-order chi connectivity index (χ0) is 26.1. The summed E-state index contributed by atoms with van der Waals surface area (Å²) in [7, 11) is 1.99. The van der Waals surface area contributed by atoms with Gasteiger partial charge in [0.25, 0.3) is 0 Å². The normalized spacial score (nSPS) is 16.1. The molecule has 8 nitrogen and oxygen atoms in total. The Bertz CT molecular complexity index is 1150. The van der Waals surface area contributed by atoms with Crippen molar-refractivity contribution in [1.29, 1.82) is 0 Å². The number of fused-ring (bicyclic) bond motifs is 1. The maximum Gasteiger partial charge on any atom is 0.490 e. The van der Waals surface area contributed by atoms with Crippen molar-refractivity contribution in [3.63, 3.8) is 0 Å². The van der Waals surface area contributed by atoms with Gasteiger partial charge in [0, 0.05) is 44.5 Å². The molecular weight excluding hydrogens is 477 g/mol. The lowest BCUT2D eigenvalue weighted by Crippen LogP contribution is -2.36. The molecule has 2 aromatic carbocycles. The maximum absolute atomic E-state index is 12.4. The van der Waals surface area contributed by atoms with E-state index in [2.05, 4.69) is 28.6 Å². The second-order valence-corrected chi connectivity index (χ2v) is 8.39. The molecule has 1 amide bonds. The Kier molecular flexibility index (Phi) is 9.29. The van der Waals surface area contributed by atoms with E-state index in [1.165, 1.54) is 10.9 Å². The van der Waals surface area contributed by atoms with Gasteiger partial charge in [0.05, 0.1) is 11.2 Å². The second-order valence-electron chi connectivity index (χ2n) is 8.39. The fraction of sp³-hybridized carbons (Fsp3) is 0.400. The Labute approximate surface area is 206 Å². The average Bonchev–Trinajstić information content (AvgIpc) is 3.00. The van der Waals surface area contributed by atoms with Gasteiger partial charge in [0.1, 0.15) is 5.75 Å². The van der Waals surface area contributed by atoms with E-state index >= 15 is 0 Å². The standard InChI is InChI=1S/C23H28N4O2.C2HF3O2/c1-26-22-12-6-5-11-20(22)21(25-26)13-15-24-18-8-7-16-27(17-14-18)23(28)29-19-9-3-2-4-10-19;3-2(4,5)1(6)7/h2-6,9-12,18,24H,7-8,13-17H2,1H3;(H,6,7). The zero-order valence-electron chi connectivity index (χ0n) is 19.9. The minimum Gasteiger partial charge on any atom is -0.475 e. The number of nitrogens with zero attached hydrogens (tertiary/aromatic N) is 3. The first-order valence-corrected chi connectivity index (χ1v) is 11.6. The highest BCUT2D eigenvalue weighted by Crippen LogP contribution is 2.18. The van der Waals surface area contributed by atoms with E-state index in [9.17, 15) is 18.0 Å². The van der Waals surface area contributed by atoms with Gasteiger partial charge >= 0.3 is 18.2 Å². The fourth-order valence-corrected chi connectivity index (χ4v) is 4.00. The molecule has 1 atom stereocenters. The van der Waals surface area contributed by atoms with Crippen molar-refractivity contribution in [2.75, 3.05) is 19.6 Å². The summed E-state index contributed by atoms with van der Waals surface area (Å²) in [6, 6.07) is 18.0. The predicted octanol–water partition coefficient (Wildman–Crippen LogP) is 4.39. The maximum atomic E-state index is 12.4. The molecule has 0 saturated carbocycles. The average molecular weight is 507 g/mol. The number of carboxylic acids is 1. The van der Waals surface area contributed by atoms with E-state index in [1.54, 1.807) is 12.1 Å². The highest BCUT2D eigenvalue weighted by Gasteiger charge is 2.38. The lowest BCUT2D eigenvalue weighted by molar-refractivity contribution is -0.192. The van der Waals surface area contributed by atoms with Gasteiger partial charge in [-0.2, -0.15) is 18.3 Å². The molecule has 2 heterocycles. The number of rotatable bonds is 5. The molecule has 4 rings (SSSR count). The smallest absolute Gasteiger partial charge is 0.475 e. The van der Waals surface area contributed by atoms with Crippen molar-refractivity contribution >= 4 is 23.0 Å². The number of carbonyl (C=O) groups excluding carboxylic acids is 1. The SMILES string of the molecule is Cn1nc(CCNC2CCCN(C(=O)Oc3ccccc3)CC2)c2ccccc21.O=C(O)C(F)(F)F. The summed E-state index contributed by atoms with van der Waals surface area (Å²) in [6.45, 7) is 2.35. The Morgan fingerprint density at radius 2 is 1.75 bits per heavy atom. The number of benzene rings is 2. The fourth-order valence-electron chi connectivity index (χ4n) is 4.00. The molecule has 3 aromatic rings. The third-order valence-electron chi connectivity index (χ3n) is 5.81. The van der Waals surface area contributed by atoms with Crippen molar-refractivity contribution in [3.8, 4) is 5.75 Å². The number of hydrogen-bond acceptors (Lipinski definition) is 5. The minimum absolute atomic E-state index is 0.253. The third-order valence-corrected chi connectivity index (χ3v) is 5.81. The van der Waals surface area contributed by atoms with Gasteiger partial charge in [0.2, 0.25) is 0 Å². The number of carbonyl (C=O) groups is 2. The molecule has 2 N–H and O–H groups in total. The number of alkyl halides is 3. The van der Waals surface area contributed by atoms with Crippen LogP contribution in [0.3, 0.4) is 0 Å². The number of hydrogen-bond donors (Lipinski definition) is 2. The topological polar surface area (TPSA) is 96.7 Å². The lowest BCUT2D eigenvalue weighted by atomic mass is 10.1. The Morgan fingerprint density at radius 3 is 2.44 bits per heavy atom. The molecule has 0 aliphatic carbocycles. The lowest BCUT2D eigenvalue weighted by Gasteiger charge is -2.20. The summed E-state index contributed by atoms with van der Waals surface area (Å²) in [5.41, 5.74) is 2.31. The van der Waals surface area contributed by atoms with Crippen LogP contribution in [0.1, 0.15) is 25.0 Å². The van der Waals surface area contributed by atoms with Crippen LogP contribution in [0.15, 0.2) is 54.6 Å². The van der Waals surface area contributed by atoms with Gasteiger partial charge < -0.3 is 20.1 Å². The van der Waals surface area contributed by atoms with Crippen LogP contribution >= 0.6 is 0 Å². The van der Waals surface area contributed by atoms with Gasteiger partial charge in [-0.1, -0.05) is 36.4 Å². The van der Waals surface area contributed by atoms with Crippen LogP contribution in [0, 0.1) is 0 Å². The van der Waals surface area contributed by atoms with Gasteiger partial charge in [0.15, 0.2) is 0 Å². The Hall–Kier alpha value is -3.60. The summed E-state index contributed by atoms with van der Waals surface area (Å²) in [5.74, 6) is -2.16. The molecule has 1 saturated heterocycles. The van der Waals surface area contributed by atoms with E-state index in [-0.39, 0.29) is 6.09 Å². The van der Waals surface area contributed by atoms with Crippen LogP contribution in [-0.2, 0) is 18.3 Å². The number of amides is 1. The zero-order valence-corrected chi connectivity index (χ0v) is 19.9. The summed E-state index contributed by atoms with van der Waals surface area (Å²) < 4.78 is 39.2. The number of aromatic nitrogens is 2. The molecule has 1 aromatic heterocycles. The molecule has 194 valence electrons. The molecule has 11 heteroatoms. The number of ether oxygens (including phenoxy) is 1. The first-order valence-electron chi connectivity index (χ1n) is 11.6. The molecule has 36 heavy (non-hydrogen) atoms. The molecular formula is C25H29F3N4O4. The number of aryl methyl sites for hydroxylation is 1. The van der Waals surface area contributed by atoms with E-state index in [0.29, 0.717) is 11.8 Å². The van der Waals surface area contributed by atoms with E-state index in [1.807, 2.05) is 40.9 Å². The van der Waals surface area contributed by atoms with Crippen molar-refractivity contribution in [2.24, 2.45) is 7.05 Å². The highest BCUT2D eigenvalue weighted by molar-refractivity contribution is 5.81. The van der Waals surface area contributed by atoms with Crippen LogP contribution in [0.2, 0.25) is 0 Å². The van der Waals surface area contributed by atoms with Crippen molar-refractivity contribution < 1.29 is 32.6 Å². The van der Waals surface area contributed by atoms with Crippen LogP contribution < -0.4 is 10.1 Å². The van der Waals surface area contributed by atoms with Crippen LogP contribution in [-0.4, -0.2) is 63.7 Å². The molecule has 1 aliphatic rings. The molecule has 0 radical (unpaired) electrons. The first kappa shape index (κ1) is 27.0. The van der Waals surface area contributed by atoms with Crippen LogP contribution in [0.25, 0.3) is 10.9 Å². The number of halogens is 3. The predicted molar refractivity (Wildman–Crippen MR) is 128 cm³/mol. The monoisotopic (exact) mass is 506 g/mol. The van der Waals surface area contributed by atoms with Gasteiger partial charge in [-0.3, -0.25) is 4.68 Å². The quantitative estimate of drug-likeness (QED) is 0.533. The minimum atomic E-state index is -5.08. The van der Waals surface area contributed by atoms with Crippen molar-refractivity contribution in [3.05, 3.63) is 60.3 Å². The summed E-state index contributed by atoms with van der Waals surface area (Å²) >= 11 is 0. The Balaban J connectivity index is 0.000000454. The van der Waals surface area contributed by atoms with E-state index in [4.69, 9.17) is 14.6 Å².